The van der Waals surface area contributed by atoms with Gasteiger partial charge in [0.1, 0.15) is 10.7 Å². The fraction of sp³-hybridized carbons (Fsp3) is 0.333. The van der Waals surface area contributed by atoms with Crippen molar-refractivity contribution in [1.82, 2.24) is 0 Å². The van der Waals surface area contributed by atoms with Gasteiger partial charge in [-0.15, -0.1) is 0 Å². The molecule has 2 aromatic rings. The lowest BCUT2D eigenvalue weighted by molar-refractivity contribution is -0.387. The maximum absolute atomic E-state index is 11.9. The summed E-state index contributed by atoms with van der Waals surface area (Å²) in [7, 11) is -3.69. The SMILES string of the molecule is CS(=O)(=O)c1cc(N2CCCC2c2ccco2)ccc1[N+](=O)[O-]. The molecule has 0 aliphatic carbocycles. The second-order valence-corrected chi connectivity index (χ2v) is 7.53. The van der Waals surface area contributed by atoms with Gasteiger partial charge in [0, 0.05) is 24.6 Å². The Morgan fingerprint density at radius 2 is 2.13 bits per heavy atom. The lowest BCUT2D eigenvalue weighted by Gasteiger charge is -2.25. The average molecular weight is 336 g/mol. The van der Waals surface area contributed by atoms with Crippen LogP contribution in [-0.2, 0) is 9.84 Å². The van der Waals surface area contributed by atoms with Crippen LogP contribution >= 0.6 is 0 Å². The monoisotopic (exact) mass is 336 g/mol. The van der Waals surface area contributed by atoms with E-state index in [0.717, 1.165) is 31.4 Å². The summed E-state index contributed by atoms with van der Waals surface area (Å²) in [6, 6.07) is 7.93. The molecule has 2 heterocycles. The number of benzene rings is 1. The normalized spacial score (nSPS) is 18.3. The van der Waals surface area contributed by atoms with E-state index in [1.807, 2.05) is 17.0 Å². The number of furan rings is 1. The second kappa shape index (κ2) is 5.69. The van der Waals surface area contributed by atoms with Gasteiger partial charge in [-0.3, -0.25) is 10.1 Å². The summed E-state index contributed by atoms with van der Waals surface area (Å²) in [5.74, 6) is 0.807. The molecule has 3 rings (SSSR count). The average Bonchev–Trinajstić information content (AvgIpc) is 3.16. The summed E-state index contributed by atoms with van der Waals surface area (Å²) in [6.07, 6.45) is 4.41. The Balaban J connectivity index is 2.05. The first-order chi connectivity index (χ1) is 10.9. The van der Waals surface area contributed by atoms with E-state index < -0.39 is 20.4 Å². The van der Waals surface area contributed by atoms with Gasteiger partial charge < -0.3 is 9.32 Å². The van der Waals surface area contributed by atoms with Crippen LogP contribution in [0.2, 0.25) is 0 Å². The Hall–Kier alpha value is -2.35. The van der Waals surface area contributed by atoms with Crippen LogP contribution in [0.5, 0.6) is 0 Å². The molecule has 1 unspecified atom stereocenters. The van der Waals surface area contributed by atoms with Crippen LogP contribution in [0.3, 0.4) is 0 Å². The number of rotatable bonds is 4. The van der Waals surface area contributed by atoms with Crippen molar-refractivity contribution in [3.63, 3.8) is 0 Å². The predicted molar refractivity (Wildman–Crippen MR) is 84.2 cm³/mol. The Bertz CT molecular complexity index is 830. The van der Waals surface area contributed by atoms with Crippen LogP contribution in [-0.4, -0.2) is 26.1 Å². The number of nitro benzene ring substituents is 1. The Kier molecular flexibility index (Phi) is 3.85. The van der Waals surface area contributed by atoms with Gasteiger partial charge in [0.15, 0.2) is 9.84 Å². The fourth-order valence-electron chi connectivity index (χ4n) is 2.98. The highest BCUT2D eigenvalue weighted by Crippen LogP contribution is 2.38. The zero-order chi connectivity index (χ0) is 16.6. The van der Waals surface area contributed by atoms with Crippen LogP contribution in [0.25, 0.3) is 0 Å². The highest BCUT2D eigenvalue weighted by Gasteiger charge is 2.30. The van der Waals surface area contributed by atoms with Crippen LogP contribution in [0.15, 0.2) is 45.9 Å². The van der Waals surface area contributed by atoms with Crippen molar-refractivity contribution in [1.29, 1.82) is 0 Å². The summed E-state index contributed by atoms with van der Waals surface area (Å²) in [6.45, 7) is 0.742. The first-order valence-corrected chi connectivity index (χ1v) is 9.05. The van der Waals surface area contributed by atoms with E-state index in [0.29, 0.717) is 5.69 Å². The largest absolute Gasteiger partial charge is 0.467 e. The minimum atomic E-state index is -3.69. The van der Waals surface area contributed by atoms with Gasteiger partial charge >= 0.3 is 0 Å². The van der Waals surface area contributed by atoms with Gasteiger partial charge in [-0.25, -0.2) is 8.42 Å². The number of nitro groups is 1. The standard InChI is InChI=1S/C15H16N2O5S/c1-23(20,21)15-10-11(6-7-13(15)17(18)19)16-8-2-4-12(16)14-5-3-9-22-14/h3,5-7,9-10,12H,2,4,8H2,1H3. The maximum Gasteiger partial charge on any atom is 0.288 e. The first-order valence-electron chi connectivity index (χ1n) is 7.16. The molecule has 0 saturated carbocycles. The van der Waals surface area contributed by atoms with E-state index in [9.17, 15) is 18.5 Å². The third kappa shape index (κ3) is 2.94. The van der Waals surface area contributed by atoms with Crippen LogP contribution in [0.1, 0.15) is 24.6 Å². The van der Waals surface area contributed by atoms with Gasteiger partial charge in [-0.2, -0.15) is 0 Å². The van der Waals surface area contributed by atoms with E-state index in [1.54, 1.807) is 12.3 Å². The quantitative estimate of drug-likeness (QED) is 0.629. The van der Waals surface area contributed by atoms with Gasteiger partial charge in [0.2, 0.25) is 0 Å². The molecular weight excluding hydrogens is 320 g/mol. The zero-order valence-electron chi connectivity index (χ0n) is 12.5. The van der Waals surface area contributed by atoms with Crippen molar-refractivity contribution < 1.29 is 17.8 Å². The van der Waals surface area contributed by atoms with Crippen LogP contribution in [0.4, 0.5) is 11.4 Å². The van der Waals surface area contributed by atoms with Crippen molar-refractivity contribution in [2.24, 2.45) is 0 Å². The molecule has 1 aliphatic heterocycles. The lowest BCUT2D eigenvalue weighted by Crippen LogP contribution is -2.22. The molecule has 0 spiro atoms. The second-order valence-electron chi connectivity index (χ2n) is 5.55. The third-order valence-electron chi connectivity index (χ3n) is 4.00. The van der Waals surface area contributed by atoms with E-state index in [2.05, 4.69) is 0 Å². The topological polar surface area (TPSA) is 93.7 Å². The van der Waals surface area contributed by atoms with Gasteiger partial charge in [0.25, 0.3) is 5.69 Å². The Morgan fingerprint density at radius 1 is 1.35 bits per heavy atom. The molecule has 0 N–H and O–H groups in total. The summed E-state index contributed by atoms with van der Waals surface area (Å²) in [5, 5.41) is 11.1. The molecule has 0 bridgehead atoms. The van der Waals surface area contributed by atoms with E-state index in [1.165, 1.54) is 12.1 Å². The summed E-state index contributed by atoms with van der Waals surface area (Å²) in [4.78, 5) is 12.2. The maximum atomic E-state index is 11.9. The lowest BCUT2D eigenvalue weighted by atomic mass is 10.1. The molecule has 1 aromatic carbocycles. The Morgan fingerprint density at radius 3 is 2.74 bits per heavy atom. The molecule has 8 heteroatoms. The van der Waals surface area contributed by atoms with E-state index in [4.69, 9.17) is 4.42 Å². The molecule has 1 atom stereocenters. The Labute approximate surface area is 133 Å². The summed E-state index contributed by atoms with van der Waals surface area (Å²) >= 11 is 0. The van der Waals surface area contributed by atoms with Gasteiger partial charge in [0.05, 0.1) is 17.2 Å². The van der Waals surface area contributed by atoms with Crippen LogP contribution < -0.4 is 4.90 Å². The van der Waals surface area contributed by atoms with Crippen molar-refractivity contribution in [3.05, 3.63) is 52.5 Å². The van der Waals surface area contributed by atoms with Gasteiger partial charge in [-0.1, -0.05) is 0 Å². The van der Waals surface area contributed by atoms with Crippen molar-refractivity contribution in [2.45, 2.75) is 23.8 Å². The zero-order valence-corrected chi connectivity index (χ0v) is 13.3. The van der Waals surface area contributed by atoms with E-state index in [-0.39, 0.29) is 10.9 Å². The molecular formula is C15H16N2O5S. The predicted octanol–water partition coefficient (Wildman–Crippen LogP) is 2.93. The van der Waals surface area contributed by atoms with Gasteiger partial charge in [-0.05, 0) is 37.1 Å². The molecule has 1 aliphatic rings. The third-order valence-corrected chi connectivity index (χ3v) is 5.12. The minimum Gasteiger partial charge on any atom is -0.467 e. The van der Waals surface area contributed by atoms with Crippen molar-refractivity contribution in [2.75, 3.05) is 17.7 Å². The molecule has 1 aromatic heterocycles. The van der Waals surface area contributed by atoms with E-state index >= 15 is 0 Å². The highest BCUT2D eigenvalue weighted by atomic mass is 32.2. The summed E-state index contributed by atoms with van der Waals surface area (Å²) in [5.41, 5.74) is 0.250. The molecule has 122 valence electrons. The summed E-state index contributed by atoms with van der Waals surface area (Å²) < 4.78 is 29.2. The number of nitrogens with zero attached hydrogens (tertiary/aromatic N) is 2. The molecule has 0 amide bonds. The number of hydrogen-bond acceptors (Lipinski definition) is 6. The number of sulfone groups is 1. The first kappa shape index (κ1) is 15.5. The van der Waals surface area contributed by atoms with Crippen LogP contribution in [0, 0.1) is 10.1 Å². The molecule has 7 nitrogen and oxygen atoms in total. The number of hydrogen-bond donors (Lipinski definition) is 0. The highest BCUT2D eigenvalue weighted by molar-refractivity contribution is 7.90. The smallest absolute Gasteiger partial charge is 0.288 e. The molecule has 23 heavy (non-hydrogen) atoms. The molecule has 1 saturated heterocycles. The number of anilines is 1. The van der Waals surface area contributed by atoms with Crippen molar-refractivity contribution >= 4 is 21.2 Å². The fourth-order valence-corrected chi connectivity index (χ4v) is 3.84. The molecule has 0 radical (unpaired) electrons. The minimum absolute atomic E-state index is 0.0128. The van der Waals surface area contributed by atoms with Crippen molar-refractivity contribution in [3.8, 4) is 0 Å². The molecule has 1 fully saturated rings.